The van der Waals surface area contributed by atoms with Crippen LogP contribution in [0.15, 0.2) is 103 Å². The highest BCUT2D eigenvalue weighted by atomic mass is 16.5. The Kier molecular flexibility index (Phi) is 10.9. The summed E-state index contributed by atoms with van der Waals surface area (Å²) < 4.78 is 14.2. The molecule has 1 heterocycles. The lowest BCUT2D eigenvalue weighted by Crippen LogP contribution is -2.24. The van der Waals surface area contributed by atoms with Crippen LogP contribution in [-0.2, 0) is 26.2 Å². The van der Waals surface area contributed by atoms with Gasteiger partial charge in [-0.25, -0.2) is 4.98 Å². The molecule has 1 aromatic heterocycles. The van der Waals surface area contributed by atoms with Crippen molar-refractivity contribution in [3.63, 3.8) is 0 Å². The van der Waals surface area contributed by atoms with Crippen LogP contribution in [0.4, 0.5) is 0 Å². The van der Waals surface area contributed by atoms with Gasteiger partial charge in [-0.1, -0.05) is 97.8 Å². The van der Waals surface area contributed by atoms with Gasteiger partial charge in [0.1, 0.15) is 17.3 Å². The topological polar surface area (TPSA) is 39.5 Å². The van der Waals surface area contributed by atoms with Crippen molar-refractivity contribution in [2.24, 2.45) is 0 Å². The summed E-state index contributed by atoms with van der Waals surface area (Å²) in [4.78, 5) is 7.92. The fourth-order valence-electron chi connectivity index (χ4n) is 5.75. The van der Waals surface area contributed by atoms with Gasteiger partial charge in [-0.15, -0.1) is 0 Å². The van der Waals surface area contributed by atoms with Gasteiger partial charge in [0.15, 0.2) is 0 Å². The van der Waals surface area contributed by atoms with E-state index in [1.165, 1.54) is 22.4 Å². The maximum atomic E-state index is 5.92. The second kappa shape index (κ2) is 15.4. The van der Waals surface area contributed by atoms with Gasteiger partial charge in [0.25, 0.3) is 0 Å². The normalized spacial score (nSPS) is 11.2. The fraction of sp³-hybridized carbons (Fsp3) is 0.308. The molecule has 0 atom stereocenters. The number of ether oxygens (including phenoxy) is 2. The third-order valence-corrected chi connectivity index (χ3v) is 7.74. The van der Waals surface area contributed by atoms with Crippen LogP contribution >= 0.6 is 0 Å². The molecule has 44 heavy (non-hydrogen) atoms. The zero-order chi connectivity index (χ0) is 30.7. The molecule has 4 aromatic carbocycles. The van der Waals surface area contributed by atoms with Crippen LogP contribution in [0.3, 0.4) is 0 Å². The van der Waals surface area contributed by atoms with Crippen LogP contribution in [0.2, 0.25) is 0 Å². The number of unbranched alkanes of at least 4 members (excludes halogenated alkanes) is 1. The first-order valence-corrected chi connectivity index (χ1v) is 16.0. The molecule has 0 aliphatic heterocycles. The number of benzene rings is 4. The molecule has 0 fully saturated rings. The molecule has 0 unspecified atom stereocenters. The first kappa shape index (κ1) is 31.1. The van der Waals surface area contributed by atoms with Crippen molar-refractivity contribution in [3.05, 3.63) is 126 Å². The predicted octanol–water partition coefficient (Wildman–Crippen LogP) is 9.33. The summed E-state index contributed by atoms with van der Waals surface area (Å²) in [5, 5.41) is 0. The van der Waals surface area contributed by atoms with Crippen molar-refractivity contribution < 1.29 is 9.47 Å². The number of aryl methyl sites for hydroxylation is 1. The zero-order valence-corrected chi connectivity index (χ0v) is 26.6. The number of imidazole rings is 1. The van der Waals surface area contributed by atoms with Crippen molar-refractivity contribution >= 4 is 0 Å². The summed E-state index contributed by atoms with van der Waals surface area (Å²) in [6.07, 6.45) is 2.19. The van der Waals surface area contributed by atoms with Gasteiger partial charge >= 0.3 is 0 Å². The number of hydrogen-bond donors (Lipinski definition) is 0. The minimum atomic E-state index is 0.627. The minimum Gasteiger partial charge on any atom is -0.494 e. The maximum Gasteiger partial charge on any atom is 0.140 e. The highest BCUT2D eigenvalue weighted by molar-refractivity contribution is 5.69. The summed E-state index contributed by atoms with van der Waals surface area (Å²) in [6.45, 7) is 13.0. The van der Waals surface area contributed by atoms with Crippen molar-refractivity contribution in [1.29, 1.82) is 0 Å². The van der Waals surface area contributed by atoms with Crippen LogP contribution in [0, 0.1) is 6.92 Å². The van der Waals surface area contributed by atoms with E-state index in [2.05, 4.69) is 114 Å². The highest BCUT2D eigenvalue weighted by Crippen LogP contribution is 2.33. The quantitative estimate of drug-likeness (QED) is 0.122. The molecule has 0 aliphatic rings. The Morgan fingerprint density at radius 1 is 0.659 bits per heavy atom. The van der Waals surface area contributed by atoms with Crippen LogP contribution in [0.25, 0.3) is 22.6 Å². The summed E-state index contributed by atoms with van der Waals surface area (Å²) in [6, 6.07) is 36.3. The van der Waals surface area contributed by atoms with E-state index >= 15 is 0 Å². The lowest BCUT2D eigenvalue weighted by Gasteiger charge is -2.25. The average molecular weight is 588 g/mol. The number of nitrogens with zero attached hydrogens (tertiary/aromatic N) is 3. The van der Waals surface area contributed by atoms with E-state index in [9.17, 15) is 0 Å². The van der Waals surface area contributed by atoms with E-state index in [-0.39, 0.29) is 0 Å². The number of hydrogen-bond acceptors (Lipinski definition) is 4. The van der Waals surface area contributed by atoms with Crippen molar-refractivity contribution in [3.8, 4) is 34.1 Å². The Bertz CT molecular complexity index is 1630. The molecular weight excluding hydrogens is 542 g/mol. The minimum absolute atomic E-state index is 0.627. The van der Waals surface area contributed by atoms with Crippen molar-refractivity contribution in [2.45, 2.75) is 66.7 Å². The van der Waals surface area contributed by atoms with E-state index in [4.69, 9.17) is 14.5 Å². The third kappa shape index (κ3) is 7.97. The van der Waals surface area contributed by atoms with Gasteiger partial charge in [0.05, 0.1) is 24.6 Å². The first-order valence-electron chi connectivity index (χ1n) is 16.0. The van der Waals surface area contributed by atoms with Gasteiger partial charge in [-0.05, 0) is 62.6 Å². The molecule has 0 radical (unpaired) electrons. The Morgan fingerprint density at radius 2 is 1.30 bits per heavy atom. The van der Waals surface area contributed by atoms with Crippen molar-refractivity contribution in [2.75, 3.05) is 13.2 Å². The van der Waals surface area contributed by atoms with Crippen LogP contribution in [0.1, 0.15) is 56.0 Å². The van der Waals surface area contributed by atoms with E-state index in [1.54, 1.807) is 0 Å². The molecule has 0 spiro atoms. The highest BCUT2D eigenvalue weighted by Gasteiger charge is 2.23. The van der Waals surface area contributed by atoms with Gasteiger partial charge in [0.2, 0.25) is 0 Å². The van der Waals surface area contributed by atoms with Gasteiger partial charge in [-0.2, -0.15) is 0 Å². The lowest BCUT2D eigenvalue weighted by atomic mass is 10.1. The maximum absolute atomic E-state index is 5.92. The largest absolute Gasteiger partial charge is 0.494 e. The van der Waals surface area contributed by atoms with E-state index in [1.807, 2.05) is 26.0 Å². The Morgan fingerprint density at radius 3 is 1.98 bits per heavy atom. The van der Waals surface area contributed by atoms with Crippen molar-refractivity contribution in [1.82, 2.24) is 14.5 Å². The lowest BCUT2D eigenvalue weighted by molar-refractivity contribution is 0.240. The monoisotopic (exact) mass is 587 g/mol. The molecule has 0 amide bonds. The molecule has 0 N–H and O–H groups in total. The summed E-state index contributed by atoms with van der Waals surface area (Å²) >= 11 is 0. The fourth-order valence-corrected chi connectivity index (χ4v) is 5.75. The predicted molar refractivity (Wildman–Crippen MR) is 181 cm³/mol. The molecule has 228 valence electrons. The number of rotatable bonds is 15. The average Bonchev–Trinajstić information content (AvgIpc) is 3.39. The van der Waals surface area contributed by atoms with E-state index < -0.39 is 0 Å². The van der Waals surface area contributed by atoms with Crippen LogP contribution in [0.5, 0.6) is 11.5 Å². The van der Waals surface area contributed by atoms with Crippen LogP contribution < -0.4 is 9.47 Å². The molecule has 0 aliphatic carbocycles. The summed E-state index contributed by atoms with van der Waals surface area (Å²) in [7, 11) is 0. The molecule has 5 rings (SSSR count). The number of aromatic nitrogens is 2. The molecule has 0 saturated carbocycles. The van der Waals surface area contributed by atoms with Gasteiger partial charge in [0, 0.05) is 37.3 Å². The molecule has 5 aromatic rings. The smallest absolute Gasteiger partial charge is 0.140 e. The summed E-state index contributed by atoms with van der Waals surface area (Å²) in [5.41, 5.74) is 8.24. The van der Waals surface area contributed by atoms with Crippen LogP contribution in [-0.4, -0.2) is 27.7 Å². The van der Waals surface area contributed by atoms with Gasteiger partial charge < -0.3 is 14.0 Å². The molecule has 5 heteroatoms. The van der Waals surface area contributed by atoms with E-state index in [0.717, 1.165) is 73.2 Å². The second-order valence-electron chi connectivity index (χ2n) is 11.3. The zero-order valence-electron chi connectivity index (χ0n) is 26.6. The SMILES string of the molecule is CCCCn1c(-c2ccccc2)nc(-c2cccc(OCC)c2)c1CN(Cc1cccc(C)c1)Cc1cccc(OCC)c1. The third-order valence-electron chi connectivity index (χ3n) is 7.74. The van der Waals surface area contributed by atoms with Gasteiger partial charge in [-0.3, -0.25) is 4.90 Å². The molecule has 0 bridgehead atoms. The summed E-state index contributed by atoms with van der Waals surface area (Å²) in [5.74, 6) is 2.79. The van der Waals surface area contributed by atoms with E-state index in [0.29, 0.717) is 13.2 Å². The molecule has 0 saturated heterocycles. The molecular formula is C39H45N3O2. The Labute approximate surface area is 263 Å². The first-order chi connectivity index (χ1) is 21.6. The standard InChI is InChI=1S/C39H45N3O2/c1-5-8-23-42-37(38(34-20-14-22-36(26-34)44-7-3)40-39(42)33-18-10-9-11-19-33)29-41(27-31-16-12-15-30(4)24-31)28-32-17-13-21-35(25-32)43-6-2/h9-22,24-26H,5-8,23,27-29H2,1-4H3. The molecule has 5 nitrogen and oxygen atoms in total. The second-order valence-corrected chi connectivity index (χ2v) is 11.3. The Balaban J connectivity index is 1.63. The Hall–Kier alpha value is -4.35.